The molecule has 0 spiro atoms. The van der Waals surface area contributed by atoms with Gasteiger partial charge in [0.25, 0.3) is 0 Å². The Hall–Kier alpha value is -1.62. The summed E-state index contributed by atoms with van der Waals surface area (Å²) in [4.78, 5) is 11.4. The van der Waals surface area contributed by atoms with Gasteiger partial charge in [0, 0.05) is 0 Å². The van der Waals surface area contributed by atoms with Crippen LogP contribution in [-0.4, -0.2) is 14.8 Å². The van der Waals surface area contributed by atoms with E-state index in [4.69, 9.17) is 12.2 Å². The molecule has 0 amide bonds. The second-order valence-electron chi connectivity index (χ2n) is 4.34. The highest BCUT2D eigenvalue weighted by molar-refractivity contribution is 7.71. The molecule has 0 bridgehead atoms. The predicted octanol–water partition coefficient (Wildman–Crippen LogP) is 2.41. The summed E-state index contributed by atoms with van der Waals surface area (Å²) in [5, 5.41) is 5.09. The van der Waals surface area contributed by atoms with Crippen molar-refractivity contribution in [2.75, 3.05) is 0 Å². The maximum absolute atomic E-state index is 11.4. The van der Waals surface area contributed by atoms with E-state index in [1.807, 2.05) is 12.1 Å². The third-order valence-corrected chi connectivity index (χ3v) is 3.08. The summed E-state index contributed by atoms with van der Waals surface area (Å²) in [6.45, 7) is 4.81. The summed E-state index contributed by atoms with van der Waals surface area (Å²) in [7, 11) is 0. The third-order valence-electron chi connectivity index (χ3n) is 2.75. The van der Waals surface area contributed by atoms with Crippen LogP contribution in [0, 0.1) is 4.77 Å². The molecule has 1 aromatic heterocycles. The average Bonchev–Trinajstić information content (AvgIpc) is 2.61. The van der Waals surface area contributed by atoms with E-state index < -0.39 is 0 Å². The van der Waals surface area contributed by atoms with Crippen molar-refractivity contribution in [1.29, 1.82) is 0 Å². The molecule has 0 saturated heterocycles. The van der Waals surface area contributed by atoms with Gasteiger partial charge in [0.15, 0.2) is 4.77 Å². The van der Waals surface area contributed by atoms with Crippen molar-refractivity contribution in [3.8, 4) is 0 Å². The summed E-state index contributed by atoms with van der Waals surface area (Å²) < 4.78 is 1.92. The summed E-state index contributed by atoms with van der Waals surface area (Å²) in [6, 6.07) is 8.24. The Kier molecular flexibility index (Phi) is 3.28. The van der Waals surface area contributed by atoms with Gasteiger partial charge in [-0.2, -0.15) is 0 Å². The van der Waals surface area contributed by atoms with Gasteiger partial charge in [0.2, 0.25) is 0 Å². The van der Waals surface area contributed by atoms with Crippen LogP contribution in [0.4, 0.5) is 0 Å². The minimum atomic E-state index is -0.206. The normalized spacial score (nSPS) is 11.0. The molecular weight excluding hydrogens is 234 g/mol. The standard InChI is InChI=1S/C12H15N3OS/c1-8(2)10-5-3-9(4-6-10)7-15-11(16)13-14-12(15)17/h3-6,8H,7H2,1-2H3,(H,13,16)(H,14,17). The molecule has 0 unspecified atom stereocenters. The van der Waals surface area contributed by atoms with Crippen molar-refractivity contribution in [3.05, 3.63) is 50.6 Å². The number of aromatic nitrogens is 3. The SMILES string of the molecule is CC(C)c1ccc(Cn2c(=O)[nH][nH]c2=S)cc1. The molecule has 0 atom stereocenters. The molecule has 0 saturated carbocycles. The zero-order chi connectivity index (χ0) is 12.4. The van der Waals surface area contributed by atoms with Crippen LogP contribution in [0.25, 0.3) is 0 Å². The number of aromatic amines is 2. The Morgan fingerprint density at radius 2 is 1.88 bits per heavy atom. The molecule has 0 aliphatic heterocycles. The first-order valence-electron chi connectivity index (χ1n) is 5.54. The molecule has 17 heavy (non-hydrogen) atoms. The van der Waals surface area contributed by atoms with Gasteiger partial charge in [0.1, 0.15) is 0 Å². The fourth-order valence-electron chi connectivity index (χ4n) is 1.67. The number of benzene rings is 1. The fraction of sp³-hybridized carbons (Fsp3) is 0.333. The van der Waals surface area contributed by atoms with Crippen molar-refractivity contribution in [2.45, 2.75) is 26.3 Å². The van der Waals surface area contributed by atoms with E-state index in [1.165, 1.54) is 10.1 Å². The summed E-state index contributed by atoms with van der Waals surface area (Å²) in [6.07, 6.45) is 0. The molecule has 90 valence electrons. The van der Waals surface area contributed by atoms with Crippen molar-refractivity contribution in [1.82, 2.24) is 14.8 Å². The summed E-state index contributed by atoms with van der Waals surface area (Å²) >= 11 is 5.02. The van der Waals surface area contributed by atoms with E-state index in [2.05, 4.69) is 36.2 Å². The lowest BCUT2D eigenvalue weighted by molar-refractivity contribution is 0.749. The Morgan fingerprint density at radius 1 is 1.24 bits per heavy atom. The maximum atomic E-state index is 11.4. The van der Waals surface area contributed by atoms with Crippen molar-refractivity contribution < 1.29 is 0 Å². The van der Waals surface area contributed by atoms with Crippen LogP contribution in [-0.2, 0) is 6.54 Å². The maximum Gasteiger partial charge on any atom is 0.342 e. The van der Waals surface area contributed by atoms with Crippen LogP contribution in [0.3, 0.4) is 0 Å². The number of hydrogen-bond acceptors (Lipinski definition) is 2. The second-order valence-corrected chi connectivity index (χ2v) is 4.73. The first kappa shape index (κ1) is 11.9. The van der Waals surface area contributed by atoms with Gasteiger partial charge < -0.3 is 0 Å². The molecule has 5 heteroatoms. The minimum absolute atomic E-state index is 0.206. The molecule has 0 aliphatic carbocycles. The second kappa shape index (κ2) is 4.71. The van der Waals surface area contributed by atoms with Crippen LogP contribution in [0.1, 0.15) is 30.9 Å². The first-order chi connectivity index (χ1) is 8.08. The fourth-order valence-corrected chi connectivity index (χ4v) is 1.87. The van der Waals surface area contributed by atoms with Gasteiger partial charge in [-0.25, -0.2) is 9.89 Å². The van der Waals surface area contributed by atoms with Crippen molar-refractivity contribution in [3.63, 3.8) is 0 Å². The molecule has 2 rings (SSSR count). The van der Waals surface area contributed by atoms with E-state index in [1.54, 1.807) is 0 Å². The van der Waals surface area contributed by atoms with Crippen molar-refractivity contribution >= 4 is 12.2 Å². The van der Waals surface area contributed by atoms with E-state index in [-0.39, 0.29) is 5.69 Å². The number of nitrogens with zero attached hydrogens (tertiary/aromatic N) is 1. The van der Waals surface area contributed by atoms with Gasteiger partial charge in [-0.15, -0.1) is 0 Å². The van der Waals surface area contributed by atoms with E-state index >= 15 is 0 Å². The summed E-state index contributed by atoms with van der Waals surface area (Å²) in [5.74, 6) is 0.516. The van der Waals surface area contributed by atoms with Gasteiger partial charge in [-0.3, -0.25) is 9.67 Å². The molecule has 2 N–H and O–H groups in total. The molecular formula is C12H15N3OS. The molecule has 0 radical (unpaired) electrons. The van der Waals surface area contributed by atoms with E-state index in [0.717, 1.165) is 5.56 Å². The topological polar surface area (TPSA) is 53.6 Å². The van der Waals surface area contributed by atoms with Gasteiger partial charge in [-0.1, -0.05) is 38.1 Å². The lowest BCUT2D eigenvalue weighted by Crippen LogP contribution is -2.17. The molecule has 1 heterocycles. The van der Waals surface area contributed by atoms with Crippen LogP contribution >= 0.6 is 12.2 Å². The first-order valence-corrected chi connectivity index (χ1v) is 5.95. The molecule has 0 fully saturated rings. The molecule has 1 aromatic carbocycles. The zero-order valence-corrected chi connectivity index (χ0v) is 10.7. The summed E-state index contributed by atoms with van der Waals surface area (Å²) in [5.41, 5.74) is 2.15. The molecule has 2 aromatic rings. The van der Waals surface area contributed by atoms with Gasteiger partial charge in [-0.05, 0) is 29.3 Å². The predicted molar refractivity (Wildman–Crippen MR) is 69.9 cm³/mol. The Morgan fingerprint density at radius 3 is 2.35 bits per heavy atom. The number of nitrogens with one attached hydrogen (secondary N) is 2. The molecule has 0 aliphatic rings. The Labute approximate surface area is 104 Å². The van der Waals surface area contributed by atoms with E-state index in [0.29, 0.717) is 17.2 Å². The average molecular weight is 249 g/mol. The van der Waals surface area contributed by atoms with Crippen LogP contribution in [0.15, 0.2) is 29.1 Å². The highest BCUT2D eigenvalue weighted by Gasteiger charge is 2.03. The molecule has 4 nitrogen and oxygen atoms in total. The van der Waals surface area contributed by atoms with Gasteiger partial charge in [0.05, 0.1) is 6.54 Å². The Bertz CT molecular complexity index is 576. The number of rotatable bonds is 3. The van der Waals surface area contributed by atoms with Crippen LogP contribution < -0.4 is 5.69 Å². The smallest absolute Gasteiger partial charge is 0.272 e. The minimum Gasteiger partial charge on any atom is -0.272 e. The lowest BCUT2D eigenvalue weighted by Gasteiger charge is -2.06. The highest BCUT2D eigenvalue weighted by atomic mass is 32.1. The monoisotopic (exact) mass is 249 g/mol. The third kappa shape index (κ3) is 2.55. The van der Waals surface area contributed by atoms with Gasteiger partial charge >= 0.3 is 5.69 Å². The quantitative estimate of drug-likeness (QED) is 0.821. The largest absolute Gasteiger partial charge is 0.342 e. The lowest BCUT2D eigenvalue weighted by atomic mass is 10.0. The van der Waals surface area contributed by atoms with Crippen LogP contribution in [0.2, 0.25) is 0 Å². The number of hydrogen-bond donors (Lipinski definition) is 2. The van der Waals surface area contributed by atoms with E-state index in [9.17, 15) is 4.79 Å². The Balaban J connectivity index is 2.26. The van der Waals surface area contributed by atoms with Crippen molar-refractivity contribution in [2.24, 2.45) is 0 Å². The number of H-pyrrole nitrogens is 2. The highest BCUT2D eigenvalue weighted by Crippen LogP contribution is 2.14. The zero-order valence-electron chi connectivity index (χ0n) is 9.86. The van der Waals surface area contributed by atoms with Crippen LogP contribution in [0.5, 0.6) is 0 Å².